The number of carbonyl (C=O) groups excluding carboxylic acids is 1. The van der Waals surface area contributed by atoms with Gasteiger partial charge in [-0.1, -0.05) is 6.07 Å². The molecule has 1 amide bonds. The summed E-state index contributed by atoms with van der Waals surface area (Å²) >= 11 is 0. The summed E-state index contributed by atoms with van der Waals surface area (Å²) in [4.78, 5) is 30.0. The van der Waals surface area contributed by atoms with E-state index in [4.69, 9.17) is 10.5 Å². The third-order valence-electron chi connectivity index (χ3n) is 5.32. The second-order valence-corrected chi connectivity index (χ2v) is 7.73. The number of nitrogen functional groups attached to an aromatic ring is 1. The molecule has 1 atom stereocenters. The maximum absolute atomic E-state index is 12.7. The van der Waals surface area contributed by atoms with E-state index < -0.39 is 18.7 Å². The molecule has 34 heavy (non-hydrogen) atoms. The number of pyridine rings is 1. The Kier molecular flexibility index (Phi) is 7.33. The van der Waals surface area contributed by atoms with E-state index in [0.29, 0.717) is 30.5 Å². The Balaban J connectivity index is 1.33. The number of amides is 1. The number of hydrogen-bond donors (Lipinski definition) is 3. The molecule has 1 unspecified atom stereocenters. The highest BCUT2D eigenvalue weighted by molar-refractivity contribution is 6.07. The fourth-order valence-electron chi connectivity index (χ4n) is 3.46. The van der Waals surface area contributed by atoms with Crippen LogP contribution < -0.4 is 25.6 Å². The smallest absolute Gasteiger partial charge is 0.260 e. The summed E-state index contributed by atoms with van der Waals surface area (Å²) in [6, 6.07) is 12.3. The number of nitrogens with one attached hydrogen (secondary N) is 1. The predicted octanol–water partition coefficient (Wildman–Crippen LogP) is 1.74. The van der Waals surface area contributed by atoms with Crippen LogP contribution in [-0.2, 0) is 0 Å². The summed E-state index contributed by atoms with van der Waals surface area (Å²) in [5, 5.41) is 12.0. The van der Waals surface area contributed by atoms with Gasteiger partial charge in [0.05, 0.1) is 0 Å². The molecule has 1 aliphatic rings. The lowest BCUT2D eigenvalue weighted by Crippen LogP contribution is -2.47. The summed E-state index contributed by atoms with van der Waals surface area (Å²) in [6.07, 6.45) is 2.03. The van der Waals surface area contributed by atoms with Crippen molar-refractivity contribution in [1.82, 2.24) is 15.0 Å². The first-order valence-electron chi connectivity index (χ1n) is 10.8. The number of anilines is 4. The van der Waals surface area contributed by atoms with Crippen LogP contribution in [-0.4, -0.2) is 71.5 Å². The zero-order chi connectivity index (χ0) is 23.9. The number of piperazine rings is 1. The van der Waals surface area contributed by atoms with Crippen molar-refractivity contribution in [2.24, 2.45) is 0 Å². The van der Waals surface area contributed by atoms with Gasteiger partial charge in [0.2, 0.25) is 5.95 Å². The van der Waals surface area contributed by atoms with Crippen LogP contribution in [0.4, 0.5) is 27.7 Å². The second-order valence-electron chi connectivity index (χ2n) is 7.73. The van der Waals surface area contributed by atoms with Crippen molar-refractivity contribution in [3.05, 3.63) is 60.4 Å². The van der Waals surface area contributed by atoms with Crippen molar-refractivity contribution in [3.63, 3.8) is 0 Å². The fourth-order valence-corrected chi connectivity index (χ4v) is 3.46. The largest absolute Gasteiger partial charge is 0.491 e. The number of aliphatic hydroxyl groups excluding tert-OH is 1. The van der Waals surface area contributed by atoms with Gasteiger partial charge >= 0.3 is 0 Å². The Labute approximate surface area is 196 Å². The minimum atomic E-state index is -1.17. The van der Waals surface area contributed by atoms with Crippen LogP contribution in [0.1, 0.15) is 10.4 Å². The number of ether oxygens (including phenoxy) is 1. The first kappa shape index (κ1) is 23.2. The molecule has 3 heterocycles. The number of aromatic nitrogens is 3. The second kappa shape index (κ2) is 10.8. The van der Waals surface area contributed by atoms with Crippen molar-refractivity contribution < 1.29 is 19.0 Å². The van der Waals surface area contributed by atoms with Gasteiger partial charge in [-0.15, -0.1) is 0 Å². The van der Waals surface area contributed by atoms with Crippen LogP contribution in [0.2, 0.25) is 0 Å². The van der Waals surface area contributed by atoms with Crippen molar-refractivity contribution in [2.75, 3.05) is 60.3 Å². The molecule has 4 rings (SSSR count). The molecule has 0 spiro atoms. The quantitative estimate of drug-likeness (QED) is 0.453. The molecule has 0 bridgehead atoms. The average Bonchev–Trinajstić information content (AvgIpc) is 2.88. The average molecular weight is 468 g/mol. The van der Waals surface area contributed by atoms with E-state index in [1.807, 2.05) is 23.1 Å². The summed E-state index contributed by atoms with van der Waals surface area (Å²) in [5.74, 6) is 1.51. The molecule has 11 heteroatoms. The van der Waals surface area contributed by atoms with Crippen molar-refractivity contribution in [3.8, 4) is 5.75 Å². The van der Waals surface area contributed by atoms with Crippen LogP contribution in [0, 0.1) is 0 Å². The number of hydrogen-bond acceptors (Lipinski definition) is 9. The van der Waals surface area contributed by atoms with Gasteiger partial charge in [-0.3, -0.25) is 4.79 Å². The third kappa shape index (κ3) is 5.67. The Hall–Kier alpha value is -3.99. The molecule has 3 aromatic rings. The number of nitrogens with zero attached hydrogens (tertiary/aromatic N) is 5. The first-order valence-corrected chi connectivity index (χ1v) is 10.8. The van der Waals surface area contributed by atoms with E-state index in [0.717, 1.165) is 18.9 Å². The highest BCUT2D eigenvalue weighted by Gasteiger charge is 2.21. The van der Waals surface area contributed by atoms with Crippen molar-refractivity contribution in [2.45, 2.75) is 6.10 Å². The van der Waals surface area contributed by atoms with E-state index in [-0.39, 0.29) is 18.0 Å². The number of aliphatic hydroxyl groups is 1. The fraction of sp³-hybridized carbons (Fsp3) is 0.304. The summed E-state index contributed by atoms with van der Waals surface area (Å²) in [5.41, 5.74) is 6.75. The number of alkyl halides is 1. The number of halogens is 1. The Morgan fingerprint density at radius 1 is 1.12 bits per heavy atom. The molecular weight excluding hydrogens is 441 g/mol. The zero-order valence-electron chi connectivity index (χ0n) is 18.5. The molecule has 178 valence electrons. The zero-order valence-corrected chi connectivity index (χ0v) is 18.5. The Morgan fingerprint density at radius 2 is 1.85 bits per heavy atom. The first-order chi connectivity index (χ1) is 16.5. The van der Waals surface area contributed by atoms with Gasteiger partial charge in [0.25, 0.3) is 5.91 Å². The third-order valence-corrected chi connectivity index (χ3v) is 5.32. The molecule has 2 aromatic heterocycles. The van der Waals surface area contributed by atoms with Crippen LogP contribution >= 0.6 is 0 Å². The molecule has 1 fully saturated rings. The Bertz CT molecular complexity index is 1090. The van der Waals surface area contributed by atoms with Crippen molar-refractivity contribution >= 4 is 29.2 Å². The van der Waals surface area contributed by atoms with E-state index in [9.17, 15) is 14.3 Å². The lowest BCUT2D eigenvalue weighted by atomic mass is 10.2. The van der Waals surface area contributed by atoms with Crippen molar-refractivity contribution in [1.29, 1.82) is 0 Å². The number of nitrogens with two attached hydrogens (primary N) is 1. The maximum atomic E-state index is 12.7. The highest BCUT2D eigenvalue weighted by Crippen LogP contribution is 2.20. The molecule has 0 saturated carbocycles. The lowest BCUT2D eigenvalue weighted by molar-refractivity contribution is 0.0842. The standard InChI is InChI=1S/C23H26FN7O3/c24-13-17(32)15-34-18-6-4-16(5-7-18)28-22(33)19-14-27-23(29-21(19)25)31-11-9-30(10-12-31)20-3-1-2-8-26-20/h1-8,14,17,32H,9-13,15H2,(H,28,33)(H2,25,27,29). The van der Waals surface area contributed by atoms with Gasteiger partial charge in [-0.25, -0.2) is 14.4 Å². The van der Waals surface area contributed by atoms with Gasteiger partial charge in [0.1, 0.15) is 42.3 Å². The molecule has 1 aliphatic heterocycles. The minimum absolute atomic E-state index is 0.0924. The van der Waals surface area contributed by atoms with Crippen LogP contribution in [0.3, 0.4) is 0 Å². The maximum Gasteiger partial charge on any atom is 0.260 e. The molecule has 1 saturated heterocycles. The molecule has 1 aromatic carbocycles. The number of carbonyl (C=O) groups is 1. The molecular formula is C23H26FN7O3. The Morgan fingerprint density at radius 3 is 2.50 bits per heavy atom. The van der Waals surface area contributed by atoms with Gasteiger partial charge in [0, 0.05) is 44.3 Å². The molecule has 10 nitrogen and oxygen atoms in total. The van der Waals surface area contributed by atoms with Crippen LogP contribution in [0.25, 0.3) is 0 Å². The monoisotopic (exact) mass is 467 g/mol. The normalized spacial score (nSPS) is 14.5. The van der Waals surface area contributed by atoms with Crippen LogP contribution in [0.5, 0.6) is 5.75 Å². The number of rotatable bonds is 8. The molecule has 4 N–H and O–H groups in total. The molecule has 0 aliphatic carbocycles. The van der Waals surface area contributed by atoms with Crippen LogP contribution in [0.15, 0.2) is 54.9 Å². The summed E-state index contributed by atoms with van der Waals surface area (Å²) in [6.45, 7) is 1.93. The number of benzene rings is 1. The van der Waals surface area contributed by atoms with E-state index >= 15 is 0 Å². The van der Waals surface area contributed by atoms with E-state index in [1.165, 1.54) is 6.20 Å². The van der Waals surface area contributed by atoms with E-state index in [1.54, 1.807) is 30.5 Å². The summed E-state index contributed by atoms with van der Waals surface area (Å²) < 4.78 is 17.6. The molecule has 0 radical (unpaired) electrons. The van der Waals surface area contributed by atoms with Gasteiger partial charge < -0.3 is 30.7 Å². The topological polar surface area (TPSA) is 130 Å². The van der Waals surface area contributed by atoms with Gasteiger partial charge in [-0.2, -0.15) is 4.98 Å². The van der Waals surface area contributed by atoms with Gasteiger partial charge in [0.15, 0.2) is 0 Å². The minimum Gasteiger partial charge on any atom is -0.491 e. The predicted molar refractivity (Wildman–Crippen MR) is 127 cm³/mol. The SMILES string of the molecule is Nc1nc(N2CCN(c3ccccn3)CC2)ncc1C(=O)Nc1ccc(OCC(O)CF)cc1. The van der Waals surface area contributed by atoms with E-state index in [2.05, 4.69) is 25.2 Å². The highest BCUT2D eigenvalue weighted by atomic mass is 19.1. The van der Waals surface area contributed by atoms with Gasteiger partial charge in [-0.05, 0) is 36.4 Å². The summed E-state index contributed by atoms with van der Waals surface area (Å²) in [7, 11) is 0. The lowest BCUT2D eigenvalue weighted by Gasteiger charge is -2.35.